The number of hydrogen-bond donors (Lipinski definition) is 3. The van der Waals surface area contributed by atoms with Crippen LogP contribution in [0.5, 0.6) is 0 Å². The summed E-state index contributed by atoms with van der Waals surface area (Å²) < 4.78 is 13.8. The van der Waals surface area contributed by atoms with Crippen LogP contribution in [0.2, 0.25) is 0 Å². The summed E-state index contributed by atoms with van der Waals surface area (Å²) >= 11 is 0. The molecule has 0 saturated heterocycles. The Balaban J connectivity index is 1.91. The number of carbonyl (C=O) groups is 1. The highest BCUT2D eigenvalue weighted by Gasteiger charge is 2.16. The van der Waals surface area contributed by atoms with Crippen LogP contribution in [0.25, 0.3) is 21.8 Å². The number of carboxylic acid groups (broad SMARTS) is 1. The fourth-order valence-corrected chi connectivity index (χ4v) is 3.07. The average molecular weight is 350 g/mol. The molecule has 0 radical (unpaired) electrons. The van der Waals surface area contributed by atoms with Gasteiger partial charge < -0.3 is 10.4 Å². The van der Waals surface area contributed by atoms with Crippen molar-refractivity contribution < 1.29 is 14.3 Å². The molecule has 130 valence electrons. The highest BCUT2D eigenvalue weighted by molar-refractivity contribution is 5.97. The number of nitrogens with one attached hydrogen (secondary N) is 2. The quantitative estimate of drug-likeness (QED) is 0.519. The lowest BCUT2D eigenvalue weighted by molar-refractivity contribution is -0.136. The lowest BCUT2D eigenvalue weighted by Gasteiger charge is -2.16. The van der Waals surface area contributed by atoms with Crippen molar-refractivity contribution in [3.63, 3.8) is 0 Å². The van der Waals surface area contributed by atoms with Crippen molar-refractivity contribution in [1.82, 2.24) is 15.2 Å². The van der Waals surface area contributed by atoms with Crippen LogP contribution in [0.15, 0.2) is 42.6 Å². The topological polar surface area (TPSA) is 90.9 Å². The van der Waals surface area contributed by atoms with Crippen molar-refractivity contribution >= 4 is 39.1 Å². The van der Waals surface area contributed by atoms with Gasteiger partial charge in [-0.05, 0) is 43.3 Å². The number of fused-ring (bicyclic) bond motifs is 2. The van der Waals surface area contributed by atoms with E-state index >= 15 is 0 Å². The summed E-state index contributed by atoms with van der Waals surface area (Å²) in [5.74, 6) is -1.38. The molecule has 2 heterocycles. The zero-order valence-electron chi connectivity index (χ0n) is 13.9. The summed E-state index contributed by atoms with van der Waals surface area (Å²) in [7, 11) is 0. The van der Waals surface area contributed by atoms with E-state index in [0.29, 0.717) is 27.8 Å². The van der Waals surface area contributed by atoms with Gasteiger partial charge in [0.1, 0.15) is 5.82 Å². The molecular weight excluding hydrogens is 335 g/mol. The van der Waals surface area contributed by atoms with Crippen LogP contribution in [0.1, 0.15) is 11.3 Å². The highest BCUT2D eigenvalue weighted by Crippen LogP contribution is 2.33. The maximum atomic E-state index is 13.8. The molecule has 0 bridgehead atoms. The number of anilines is 2. The van der Waals surface area contributed by atoms with Crippen molar-refractivity contribution in [3.8, 4) is 0 Å². The number of halogens is 1. The van der Waals surface area contributed by atoms with E-state index in [1.165, 1.54) is 12.1 Å². The monoisotopic (exact) mass is 350 g/mol. The lowest BCUT2D eigenvalue weighted by Crippen LogP contribution is -2.08. The smallest absolute Gasteiger partial charge is 0.307 e. The first-order valence-electron chi connectivity index (χ1n) is 8.02. The molecule has 7 heteroatoms. The first kappa shape index (κ1) is 16.0. The van der Waals surface area contributed by atoms with Crippen molar-refractivity contribution in [2.45, 2.75) is 13.3 Å². The van der Waals surface area contributed by atoms with Gasteiger partial charge in [-0.1, -0.05) is 0 Å². The molecule has 0 aliphatic rings. The second kappa shape index (κ2) is 6.11. The van der Waals surface area contributed by atoms with Gasteiger partial charge in [0.25, 0.3) is 0 Å². The molecule has 0 amide bonds. The van der Waals surface area contributed by atoms with Crippen molar-refractivity contribution in [2.24, 2.45) is 0 Å². The van der Waals surface area contributed by atoms with E-state index in [1.54, 1.807) is 19.2 Å². The lowest BCUT2D eigenvalue weighted by atomic mass is 10.0. The van der Waals surface area contributed by atoms with Gasteiger partial charge in [-0.25, -0.2) is 4.39 Å². The van der Waals surface area contributed by atoms with Gasteiger partial charge >= 0.3 is 5.97 Å². The highest BCUT2D eigenvalue weighted by atomic mass is 19.1. The Morgan fingerprint density at radius 2 is 2.12 bits per heavy atom. The van der Waals surface area contributed by atoms with E-state index in [9.17, 15) is 14.3 Å². The number of nitrogens with zero attached hydrogens (tertiary/aromatic N) is 2. The molecule has 0 fully saturated rings. The fraction of sp³-hybridized carbons (Fsp3) is 0.105. The van der Waals surface area contributed by atoms with E-state index in [0.717, 1.165) is 16.6 Å². The first-order chi connectivity index (χ1) is 12.5. The summed E-state index contributed by atoms with van der Waals surface area (Å²) in [5, 5.41) is 20.9. The van der Waals surface area contributed by atoms with Gasteiger partial charge in [0, 0.05) is 27.7 Å². The molecule has 2 aromatic heterocycles. The van der Waals surface area contributed by atoms with Crippen LogP contribution in [0, 0.1) is 12.7 Å². The third-order valence-electron chi connectivity index (χ3n) is 4.29. The Labute approximate surface area is 147 Å². The molecule has 6 nitrogen and oxygen atoms in total. The number of pyridine rings is 1. The van der Waals surface area contributed by atoms with Gasteiger partial charge in [0.15, 0.2) is 0 Å². The SMILES string of the molecule is Cc1nc2ccc(F)cc2c(Nc2ccc3cn[nH]c3c2)c1CC(=O)O. The van der Waals surface area contributed by atoms with E-state index < -0.39 is 11.8 Å². The zero-order chi connectivity index (χ0) is 18.3. The van der Waals surface area contributed by atoms with Crippen LogP contribution in [-0.4, -0.2) is 26.3 Å². The van der Waals surface area contributed by atoms with Crippen molar-refractivity contribution in [2.75, 3.05) is 5.32 Å². The Morgan fingerprint density at radius 3 is 2.92 bits per heavy atom. The molecule has 0 atom stereocenters. The van der Waals surface area contributed by atoms with E-state index in [2.05, 4.69) is 20.5 Å². The van der Waals surface area contributed by atoms with Crippen LogP contribution in [0.3, 0.4) is 0 Å². The number of aromatic amines is 1. The van der Waals surface area contributed by atoms with Crippen LogP contribution in [0.4, 0.5) is 15.8 Å². The standard InChI is InChI=1S/C19H15FN4O2/c1-10-14(8-18(25)26)19(15-6-12(20)3-5-16(15)22-10)23-13-4-2-11-9-21-24-17(11)7-13/h2-7,9H,8H2,1H3,(H,21,24)(H,22,23)(H,25,26). The number of aryl methyl sites for hydroxylation is 1. The van der Waals surface area contributed by atoms with E-state index in [-0.39, 0.29) is 6.42 Å². The van der Waals surface area contributed by atoms with E-state index in [1.807, 2.05) is 18.2 Å². The molecule has 0 aliphatic carbocycles. The summed E-state index contributed by atoms with van der Waals surface area (Å²) in [6, 6.07) is 9.92. The minimum Gasteiger partial charge on any atom is -0.481 e. The largest absolute Gasteiger partial charge is 0.481 e. The number of H-pyrrole nitrogens is 1. The maximum absolute atomic E-state index is 13.8. The number of aliphatic carboxylic acids is 1. The van der Waals surface area contributed by atoms with Gasteiger partial charge in [-0.3, -0.25) is 14.9 Å². The molecule has 2 aromatic carbocycles. The number of hydrogen-bond acceptors (Lipinski definition) is 4. The summed E-state index contributed by atoms with van der Waals surface area (Å²) in [4.78, 5) is 15.8. The number of aromatic nitrogens is 3. The van der Waals surface area contributed by atoms with Crippen LogP contribution < -0.4 is 5.32 Å². The summed E-state index contributed by atoms with van der Waals surface area (Å²) in [5.41, 5.74) is 3.86. The van der Waals surface area contributed by atoms with Crippen LogP contribution >= 0.6 is 0 Å². The van der Waals surface area contributed by atoms with Gasteiger partial charge in [-0.2, -0.15) is 5.10 Å². The minimum atomic E-state index is -0.974. The molecule has 0 unspecified atom stereocenters. The van der Waals surface area contributed by atoms with Gasteiger partial charge in [-0.15, -0.1) is 0 Å². The van der Waals surface area contributed by atoms with E-state index in [4.69, 9.17) is 0 Å². The molecule has 0 spiro atoms. The molecule has 26 heavy (non-hydrogen) atoms. The predicted molar refractivity (Wildman–Crippen MR) is 97.2 cm³/mol. The van der Waals surface area contributed by atoms with Crippen LogP contribution in [-0.2, 0) is 11.2 Å². The minimum absolute atomic E-state index is 0.208. The second-order valence-corrected chi connectivity index (χ2v) is 6.08. The number of benzene rings is 2. The number of rotatable bonds is 4. The first-order valence-corrected chi connectivity index (χ1v) is 8.02. The fourth-order valence-electron chi connectivity index (χ4n) is 3.07. The second-order valence-electron chi connectivity index (χ2n) is 6.08. The Kier molecular flexibility index (Phi) is 3.76. The van der Waals surface area contributed by atoms with Gasteiger partial charge in [0.05, 0.1) is 29.3 Å². The molecule has 0 saturated carbocycles. The maximum Gasteiger partial charge on any atom is 0.307 e. The Morgan fingerprint density at radius 1 is 1.27 bits per heavy atom. The third-order valence-corrected chi connectivity index (χ3v) is 4.29. The molecule has 0 aliphatic heterocycles. The Bertz CT molecular complexity index is 1150. The predicted octanol–water partition coefficient (Wildman–Crippen LogP) is 3.93. The Hall–Kier alpha value is -3.48. The summed E-state index contributed by atoms with van der Waals surface area (Å²) in [6.07, 6.45) is 1.51. The molecule has 4 aromatic rings. The average Bonchev–Trinajstić information content (AvgIpc) is 3.06. The number of carboxylic acids is 1. The zero-order valence-corrected chi connectivity index (χ0v) is 13.9. The van der Waals surface area contributed by atoms with Gasteiger partial charge in [0.2, 0.25) is 0 Å². The summed E-state index contributed by atoms with van der Waals surface area (Å²) in [6.45, 7) is 1.75. The molecule has 3 N–H and O–H groups in total. The normalized spacial score (nSPS) is 11.2. The third kappa shape index (κ3) is 2.83. The van der Waals surface area contributed by atoms with Crippen molar-refractivity contribution in [3.05, 3.63) is 59.7 Å². The molecule has 4 rings (SSSR count). The van der Waals surface area contributed by atoms with Crippen molar-refractivity contribution in [1.29, 1.82) is 0 Å². The molecular formula is C19H15FN4O2.